The lowest BCUT2D eigenvalue weighted by Gasteiger charge is -2.22. The quantitative estimate of drug-likeness (QED) is 0.733. The third kappa shape index (κ3) is 5.18. The monoisotopic (exact) mass is 382 g/mol. The molecular weight excluding hydrogens is 352 g/mol. The Kier molecular flexibility index (Phi) is 7.17. The molecule has 2 aromatic heterocycles. The molecule has 7 heteroatoms. The van der Waals surface area contributed by atoms with E-state index in [9.17, 15) is 4.79 Å². The lowest BCUT2D eigenvalue weighted by Crippen LogP contribution is -2.35. The van der Waals surface area contributed by atoms with E-state index in [1.54, 1.807) is 12.4 Å². The third-order valence-electron chi connectivity index (χ3n) is 5.21. The number of hydrogen-bond donors (Lipinski definition) is 0. The van der Waals surface area contributed by atoms with E-state index in [0.29, 0.717) is 6.42 Å². The molecule has 1 saturated heterocycles. The smallest absolute Gasteiger partial charge is 0.225 e. The van der Waals surface area contributed by atoms with Crippen LogP contribution >= 0.6 is 0 Å². The molecule has 0 bridgehead atoms. The minimum atomic E-state index is 0.219. The Hall–Kier alpha value is -2.70. The van der Waals surface area contributed by atoms with Gasteiger partial charge in [0.1, 0.15) is 5.82 Å². The summed E-state index contributed by atoms with van der Waals surface area (Å²) in [4.78, 5) is 32.2. The molecule has 3 heterocycles. The molecule has 2 aromatic rings. The fourth-order valence-electron chi connectivity index (χ4n) is 3.57. The molecule has 1 amide bonds. The Bertz CT molecular complexity index is 750. The molecule has 0 radical (unpaired) electrons. The normalized spacial score (nSPS) is 14.6. The maximum atomic E-state index is 12.7. The molecule has 1 aliphatic rings. The SMILES string of the molecule is CCN(CC)c1cc(CCC(=O)N2CCCN(c3ncccn3)CC2)ccn1. The van der Waals surface area contributed by atoms with Gasteiger partial charge in [-0.2, -0.15) is 0 Å². The van der Waals surface area contributed by atoms with Crippen LogP contribution in [0.5, 0.6) is 0 Å². The Morgan fingerprint density at radius 3 is 2.57 bits per heavy atom. The van der Waals surface area contributed by atoms with Crippen molar-refractivity contribution in [3.8, 4) is 0 Å². The van der Waals surface area contributed by atoms with Crippen LogP contribution in [-0.2, 0) is 11.2 Å². The average molecular weight is 383 g/mol. The van der Waals surface area contributed by atoms with Gasteiger partial charge in [-0.05, 0) is 50.5 Å². The van der Waals surface area contributed by atoms with Crippen molar-refractivity contribution < 1.29 is 4.79 Å². The van der Waals surface area contributed by atoms with Crippen LogP contribution in [0.25, 0.3) is 0 Å². The minimum absolute atomic E-state index is 0.219. The summed E-state index contributed by atoms with van der Waals surface area (Å²) in [7, 11) is 0. The summed E-state index contributed by atoms with van der Waals surface area (Å²) in [6, 6.07) is 5.94. The maximum Gasteiger partial charge on any atom is 0.225 e. The number of aromatic nitrogens is 3. The highest BCUT2D eigenvalue weighted by Crippen LogP contribution is 2.15. The first-order chi connectivity index (χ1) is 13.7. The van der Waals surface area contributed by atoms with Gasteiger partial charge in [0, 0.05) is 64.3 Å². The van der Waals surface area contributed by atoms with Gasteiger partial charge in [-0.25, -0.2) is 15.0 Å². The molecule has 1 fully saturated rings. The first-order valence-corrected chi connectivity index (χ1v) is 10.2. The van der Waals surface area contributed by atoms with Gasteiger partial charge in [0.25, 0.3) is 0 Å². The Morgan fingerprint density at radius 2 is 1.82 bits per heavy atom. The summed E-state index contributed by atoms with van der Waals surface area (Å²) in [5, 5.41) is 0. The van der Waals surface area contributed by atoms with Gasteiger partial charge < -0.3 is 14.7 Å². The van der Waals surface area contributed by atoms with Gasteiger partial charge in [-0.15, -0.1) is 0 Å². The van der Waals surface area contributed by atoms with Crippen molar-refractivity contribution in [1.29, 1.82) is 0 Å². The van der Waals surface area contributed by atoms with Crippen LogP contribution in [0.3, 0.4) is 0 Å². The van der Waals surface area contributed by atoms with E-state index in [1.165, 1.54) is 5.56 Å². The van der Waals surface area contributed by atoms with Gasteiger partial charge in [0.2, 0.25) is 11.9 Å². The topological polar surface area (TPSA) is 65.5 Å². The number of amides is 1. The van der Waals surface area contributed by atoms with Gasteiger partial charge in [0.05, 0.1) is 0 Å². The van der Waals surface area contributed by atoms with E-state index < -0.39 is 0 Å². The molecule has 0 saturated carbocycles. The summed E-state index contributed by atoms with van der Waals surface area (Å²) >= 11 is 0. The number of pyridine rings is 1. The number of anilines is 2. The van der Waals surface area contributed by atoms with E-state index in [4.69, 9.17) is 0 Å². The predicted octanol–water partition coefficient (Wildman–Crippen LogP) is 2.39. The van der Waals surface area contributed by atoms with Crippen molar-refractivity contribution in [1.82, 2.24) is 19.9 Å². The van der Waals surface area contributed by atoms with Crippen LogP contribution in [0, 0.1) is 0 Å². The summed E-state index contributed by atoms with van der Waals surface area (Å²) in [5.74, 6) is 1.96. The molecular formula is C21H30N6O. The van der Waals surface area contributed by atoms with Crippen molar-refractivity contribution in [3.05, 3.63) is 42.4 Å². The van der Waals surface area contributed by atoms with Gasteiger partial charge in [-0.3, -0.25) is 4.79 Å². The largest absolute Gasteiger partial charge is 0.357 e. The van der Waals surface area contributed by atoms with Crippen molar-refractivity contribution >= 4 is 17.7 Å². The van der Waals surface area contributed by atoms with Gasteiger partial charge >= 0.3 is 0 Å². The predicted molar refractivity (Wildman–Crippen MR) is 112 cm³/mol. The zero-order chi connectivity index (χ0) is 19.8. The molecule has 0 atom stereocenters. The van der Waals surface area contributed by atoms with E-state index in [1.807, 2.05) is 23.2 Å². The van der Waals surface area contributed by atoms with Crippen molar-refractivity contribution in [3.63, 3.8) is 0 Å². The Balaban J connectivity index is 1.53. The second-order valence-electron chi connectivity index (χ2n) is 6.96. The first-order valence-electron chi connectivity index (χ1n) is 10.2. The summed E-state index contributed by atoms with van der Waals surface area (Å²) < 4.78 is 0. The lowest BCUT2D eigenvalue weighted by atomic mass is 10.1. The molecule has 0 spiro atoms. The fourth-order valence-corrected chi connectivity index (χ4v) is 3.57. The lowest BCUT2D eigenvalue weighted by molar-refractivity contribution is -0.130. The van der Waals surface area contributed by atoms with Crippen LogP contribution < -0.4 is 9.80 Å². The summed E-state index contributed by atoms with van der Waals surface area (Å²) in [6.07, 6.45) is 7.58. The van der Waals surface area contributed by atoms with E-state index >= 15 is 0 Å². The van der Waals surface area contributed by atoms with E-state index in [-0.39, 0.29) is 5.91 Å². The highest BCUT2D eigenvalue weighted by atomic mass is 16.2. The maximum absolute atomic E-state index is 12.7. The van der Waals surface area contributed by atoms with Crippen molar-refractivity contribution in [2.45, 2.75) is 33.1 Å². The van der Waals surface area contributed by atoms with Crippen LogP contribution in [0.2, 0.25) is 0 Å². The second-order valence-corrected chi connectivity index (χ2v) is 6.96. The highest BCUT2D eigenvalue weighted by Gasteiger charge is 2.20. The molecule has 0 unspecified atom stereocenters. The number of aryl methyl sites for hydroxylation is 1. The van der Waals surface area contributed by atoms with E-state index in [0.717, 1.165) is 63.9 Å². The Labute approximate surface area is 167 Å². The van der Waals surface area contributed by atoms with Crippen LogP contribution in [0.1, 0.15) is 32.3 Å². The number of rotatable bonds is 7. The van der Waals surface area contributed by atoms with Crippen LogP contribution in [0.4, 0.5) is 11.8 Å². The minimum Gasteiger partial charge on any atom is -0.357 e. The third-order valence-corrected chi connectivity index (χ3v) is 5.21. The molecule has 7 nitrogen and oxygen atoms in total. The average Bonchev–Trinajstić information content (AvgIpc) is 3.00. The standard InChI is InChI=1S/C21H30N6O/c1-3-25(4-2)19-17-18(9-12-22-19)7-8-20(28)26-13-6-14-27(16-15-26)21-23-10-5-11-24-21/h5,9-12,17H,3-4,6-8,13-16H2,1-2H3. The van der Waals surface area contributed by atoms with Gasteiger partial charge in [0.15, 0.2) is 0 Å². The number of nitrogens with zero attached hydrogens (tertiary/aromatic N) is 6. The Morgan fingerprint density at radius 1 is 1.04 bits per heavy atom. The van der Waals surface area contributed by atoms with Crippen molar-refractivity contribution in [2.24, 2.45) is 0 Å². The molecule has 0 aliphatic carbocycles. The van der Waals surface area contributed by atoms with Gasteiger partial charge in [-0.1, -0.05) is 0 Å². The zero-order valence-electron chi connectivity index (χ0n) is 16.9. The molecule has 0 N–H and O–H groups in total. The second kappa shape index (κ2) is 10.0. The highest BCUT2D eigenvalue weighted by molar-refractivity contribution is 5.76. The molecule has 28 heavy (non-hydrogen) atoms. The molecule has 150 valence electrons. The van der Waals surface area contributed by atoms with Crippen LogP contribution in [0.15, 0.2) is 36.8 Å². The molecule has 3 rings (SSSR count). The summed E-state index contributed by atoms with van der Waals surface area (Å²) in [6.45, 7) is 9.29. The first kappa shape index (κ1) is 20.0. The van der Waals surface area contributed by atoms with Crippen molar-refractivity contribution in [2.75, 3.05) is 49.1 Å². The molecule has 0 aromatic carbocycles. The van der Waals surface area contributed by atoms with Crippen LogP contribution in [-0.4, -0.2) is 65.0 Å². The number of hydrogen-bond acceptors (Lipinski definition) is 6. The molecule has 1 aliphatic heterocycles. The van der Waals surface area contributed by atoms with E-state index in [2.05, 4.69) is 44.7 Å². The number of carbonyl (C=O) groups is 1. The summed E-state index contributed by atoms with van der Waals surface area (Å²) in [5.41, 5.74) is 1.17. The fraction of sp³-hybridized carbons (Fsp3) is 0.524. The number of carbonyl (C=O) groups excluding carboxylic acids is 1. The zero-order valence-corrected chi connectivity index (χ0v) is 16.9.